The Hall–Kier alpha value is -4.01. The minimum absolute atomic E-state index is 0.169. The lowest BCUT2D eigenvalue weighted by Crippen LogP contribution is -2.29. The summed E-state index contributed by atoms with van der Waals surface area (Å²) in [7, 11) is 0. The van der Waals surface area contributed by atoms with E-state index in [4.69, 9.17) is 0 Å². The normalized spacial score (nSPS) is 13.9. The van der Waals surface area contributed by atoms with Gasteiger partial charge >= 0.3 is 0 Å². The van der Waals surface area contributed by atoms with Gasteiger partial charge in [-0.25, -0.2) is 14.1 Å². The summed E-state index contributed by atoms with van der Waals surface area (Å²) in [5, 5.41) is 7.31. The van der Waals surface area contributed by atoms with Gasteiger partial charge in [0, 0.05) is 24.5 Å². The number of carbonyl (C=O) groups excluding carboxylic acids is 1. The maximum absolute atomic E-state index is 13.2. The number of rotatable bonds is 5. The maximum atomic E-state index is 13.2. The van der Waals surface area contributed by atoms with Gasteiger partial charge < -0.3 is 10.2 Å². The van der Waals surface area contributed by atoms with Crippen LogP contribution in [0.3, 0.4) is 0 Å². The molecule has 1 aliphatic rings. The van der Waals surface area contributed by atoms with E-state index in [0.717, 1.165) is 18.8 Å². The molecule has 5 rings (SSSR count). The van der Waals surface area contributed by atoms with Crippen LogP contribution in [-0.2, 0) is 11.3 Å². The van der Waals surface area contributed by atoms with Crippen LogP contribution < -0.4 is 15.8 Å². The van der Waals surface area contributed by atoms with Crippen molar-refractivity contribution in [2.45, 2.75) is 25.8 Å². The van der Waals surface area contributed by atoms with Gasteiger partial charge in [0.2, 0.25) is 5.91 Å². The molecule has 4 aromatic rings. The first-order valence-corrected chi connectivity index (χ1v) is 10.9. The second kappa shape index (κ2) is 8.85. The monoisotopic (exact) mass is 446 g/mol. The third kappa shape index (κ3) is 4.34. The maximum Gasteiger partial charge on any atom is 0.264 e. The number of hydrogen-bond donors (Lipinski definition) is 1. The second-order valence-corrected chi connectivity index (χ2v) is 8.09. The molecule has 0 unspecified atom stereocenters. The van der Waals surface area contributed by atoms with E-state index in [9.17, 15) is 14.0 Å². The predicted molar refractivity (Wildman–Crippen MR) is 124 cm³/mol. The van der Waals surface area contributed by atoms with E-state index in [2.05, 4.69) is 20.3 Å². The molecule has 168 valence electrons. The summed E-state index contributed by atoms with van der Waals surface area (Å²) in [5.41, 5.74) is 2.38. The second-order valence-electron chi connectivity index (χ2n) is 8.09. The van der Waals surface area contributed by atoms with Gasteiger partial charge in [-0.05, 0) is 67.8 Å². The summed E-state index contributed by atoms with van der Waals surface area (Å²) in [6, 6.07) is 13.5. The number of nitrogens with zero attached hydrogens (tertiary/aromatic N) is 5. The topological polar surface area (TPSA) is 85.0 Å². The summed E-state index contributed by atoms with van der Waals surface area (Å²) in [5.74, 6) is -0.687. The van der Waals surface area contributed by atoms with Crippen molar-refractivity contribution in [1.82, 2.24) is 19.3 Å². The Kier molecular flexibility index (Phi) is 5.60. The summed E-state index contributed by atoms with van der Waals surface area (Å²) >= 11 is 0. The van der Waals surface area contributed by atoms with Crippen molar-refractivity contribution in [2.75, 3.05) is 23.3 Å². The zero-order valence-electron chi connectivity index (χ0n) is 17.9. The lowest BCUT2D eigenvalue weighted by atomic mass is 10.1. The van der Waals surface area contributed by atoms with Crippen LogP contribution in [0.1, 0.15) is 19.3 Å². The number of carbonyl (C=O) groups is 1. The summed E-state index contributed by atoms with van der Waals surface area (Å²) in [6.45, 7) is 1.95. The molecule has 1 aliphatic heterocycles. The van der Waals surface area contributed by atoms with Crippen molar-refractivity contribution in [1.29, 1.82) is 0 Å². The Morgan fingerprint density at radius 2 is 1.67 bits per heavy atom. The van der Waals surface area contributed by atoms with Crippen LogP contribution in [0.4, 0.5) is 15.8 Å². The molecule has 8 nitrogen and oxygen atoms in total. The van der Waals surface area contributed by atoms with Gasteiger partial charge in [-0.1, -0.05) is 0 Å². The highest BCUT2D eigenvalue weighted by atomic mass is 19.1. The molecule has 1 saturated heterocycles. The summed E-state index contributed by atoms with van der Waals surface area (Å²) in [6.07, 6.45) is 6.41. The molecule has 0 atom stereocenters. The third-order valence-corrected chi connectivity index (χ3v) is 5.81. The van der Waals surface area contributed by atoms with Crippen LogP contribution in [0.25, 0.3) is 16.7 Å². The number of halogens is 1. The van der Waals surface area contributed by atoms with Crippen LogP contribution in [0.15, 0.2) is 65.8 Å². The average molecular weight is 446 g/mol. The lowest BCUT2D eigenvalue weighted by molar-refractivity contribution is -0.116. The fraction of sp³-hybridized carbons (Fsp3) is 0.250. The van der Waals surface area contributed by atoms with Crippen molar-refractivity contribution in [2.24, 2.45) is 0 Å². The standard InChI is InChI=1S/C24H23FN6O2/c25-17-4-8-20(9-5-17)31-23-21(14-27-31)24(33)30(16-26-23)15-22(32)28-18-6-10-19(11-7-18)29-12-2-1-3-13-29/h4-11,14,16H,1-3,12-13,15H2,(H,28,32). The average Bonchev–Trinajstić information content (AvgIpc) is 3.27. The van der Waals surface area contributed by atoms with Crippen molar-refractivity contribution >= 4 is 28.3 Å². The molecule has 2 aromatic heterocycles. The van der Waals surface area contributed by atoms with Crippen molar-refractivity contribution in [3.63, 3.8) is 0 Å². The van der Waals surface area contributed by atoms with Gasteiger partial charge in [-0.3, -0.25) is 14.2 Å². The van der Waals surface area contributed by atoms with Gasteiger partial charge in [-0.15, -0.1) is 0 Å². The molecule has 0 aliphatic carbocycles. The quantitative estimate of drug-likeness (QED) is 0.508. The molecule has 33 heavy (non-hydrogen) atoms. The first-order valence-electron chi connectivity index (χ1n) is 10.9. The molecule has 0 spiro atoms. The van der Waals surface area contributed by atoms with Crippen molar-refractivity contribution < 1.29 is 9.18 Å². The molecule has 0 saturated carbocycles. The molecule has 3 heterocycles. The lowest BCUT2D eigenvalue weighted by Gasteiger charge is -2.28. The van der Waals surface area contributed by atoms with E-state index >= 15 is 0 Å². The molecule has 2 aromatic carbocycles. The molecule has 1 fully saturated rings. The Bertz CT molecular complexity index is 1340. The van der Waals surface area contributed by atoms with Crippen LogP contribution >= 0.6 is 0 Å². The molecule has 0 bridgehead atoms. The Balaban J connectivity index is 1.29. The Labute approximate surface area is 189 Å². The van der Waals surface area contributed by atoms with E-state index < -0.39 is 0 Å². The number of benzene rings is 2. The third-order valence-electron chi connectivity index (χ3n) is 5.81. The minimum atomic E-state index is -0.371. The number of aromatic nitrogens is 4. The summed E-state index contributed by atoms with van der Waals surface area (Å²) < 4.78 is 15.9. The van der Waals surface area contributed by atoms with Gasteiger partial charge in [0.25, 0.3) is 5.56 Å². The number of nitrogens with one attached hydrogen (secondary N) is 1. The van der Waals surface area contributed by atoms with Gasteiger partial charge in [0.15, 0.2) is 5.65 Å². The number of hydrogen-bond acceptors (Lipinski definition) is 5. The molecule has 0 radical (unpaired) electrons. The number of piperidine rings is 1. The molecular formula is C24H23FN6O2. The molecular weight excluding hydrogens is 423 g/mol. The van der Waals surface area contributed by atoms with Crippen molar-refractivity contribution in [3.05, 3.63) is 77.2 Å². The first kappa shape index (κ1) is 20.9. The fourth-order valence-corrected chi connectivity index (χ4v) is 4.10. The van der Waals surface area contributed by atoms with E-state index in [1.165, 1.54) is 53.2 Å². The predicted octanol–water partition coefficient (Wildman–Crippen LogP) is 3.35. The highest BCUT2D eigenvalue weighted by Crippen LogP contribution is 2.22. The number of amides is 1. The van der Waals surface area contributed by atoms with Gasteiger partial charge in [0.1, 0.15) is 24.1 Å². The number of anilines is 2. The first-order chi connectivity index (χ1) is 16.1. The zero-order valence-corrected chi connectivity index (χ0v) is 17.9. The minimum Gasteiger partial charge on any atom is -0.372 e. The van der Waals surface area contributed by atoms with E-state index in [1.807, 2.05) is 24.3 Å². The fourth-order valence-electron chi connectivity index (χ4n) is 4.10. The molecule has 9 heteroatoms. The smallest absolute Gasteiger partial charge is 0.264 e. The number of fused-ring (bicyclic) bond motifs is 1. The van der Waals surface area contributed by atoms with Crippen LogP contribution in [0, 0.1) is 5.82 Å². The Morgan fingerprint density at radius 3 is 2.39 bits per heavy atom. The van der Waals surface area contributed by atoms with Crippen LogP contribution in [0.2, 0.25) is 0 Å². The molecule has 1 N–H and O–H groups in total. The van der Waals surface area contributed by atoms with Crippen LogP contribution in [-0.4, -0.2) is 38.3 Å². The molecule has 1 amide bonds. The SMILES string of the molecule is O=C(Cn1cnc2c(cnn2-c2ccc(F)cc2)c1=O)Nc1ccc(N2CCCCC2)cc1. The van der Waals surface area contributed by atoms with Gasteiger partial charge in [-0.2, -0.15) is 5.10 Å². The highest BCUT2D eigenvalue weighted by Gasteiger charge is 2.14. The van der Waals surface area contributed by atoms with E-state index in [-0.39, 0.29) is 29.2 Å². The summed E-state index contributed by atoms with van der Waals surface area (Å²) in [4.78, 5) is 32.1. The highest BCUT2D eigenvalue weighted by molar-refractivity contribution is 5.91. The van der Waals surface area contributed by atoms with E-state index in [0.29, 0.717) is 17.0 Å². The van der Waals surface area contributed by atoms with E-state index in [1.54, 1.807) is 12.1 Å². The zero-order chi connectivity index (χ0) is 22.8. The Morgan fingerprint density at radius 1 is 0.970 bits per heavy atom. The largest absolute Gasteiger partial charge is 0.372 e. The van der Waals surface area contributed by atoms with Gasteiger partial charge in [0.05, 0.1) is 11.9 Å². The van der Waals surface area contributed by atoms with Crippen LogP contribution in [0.5, 0.6) is 0 Å². The van der Waals surface area contributed by atoms with Crippen molar-refractivity contribution in [3.8, 4) is 5.69 Å².